The molecule has 0 spiro atoms. The van der Waals surface area contributed by atoms with E-state index in [0.29, 0.717) is 11.5 Å². The second kappa shape index (κ2) is 21.1. The molecule has 1 nitrogen and oxygen atoms in total. The molecule has 0 aliphatic carbocycles. The fourth-order valence-electron chi connectivity index (χ4n) is 3.10. The molecule has 0 heterocycles. The third-order valence-corrected chi connectivity index (χ3v) is 4.82. The molecule has 0 fully saturated rings. The molecule has 0 atom stereocenters. The number of allylic oxidation sites excluding steroid dienone is 4. The summed E-state index contributed by atoms with van der Waals surface area (Å²) in [4.78, 5) is 0. The fraction of sp³-hybridized carbons (Fsp3) is 0.692. The van der Waals surface area contributed by atoms with Crippen LogP contribution in [-0.4, -0.2) is 0 Å². The molecule has 0 aliphatic rings. The maximum Gasteiger partial charge on any atom is 0.119 e. The molecule has 156 valence electrons. The van der Waals surface area contributed by atoms with Crippen LogP contribution in [-0.2, 0) is 4.74 Å². The van der Waals surface area contributed by atoms with Gasteiger partial charge in [-0.2, -0.15) is 0 Å². The molecule has 0 aromatic rings. The van der Waals surface area contributed by atoms with Crippen LogP contribution in [0.15, 0.2) is 49.0 Å². The molecule has 0 saturated heterocycles. The minimum Gasteiger partial charge on any atom is -0.459 e. The lowest BCUT2D eigenvalue weighted by molar-refractivity contribution is 0.340. The van der Waals surface area contributed by atoms with Gasteiger partial charge in [-0.3, -0.25) is 0 Å². The van der Waals surface area contributed by atoms with Crippen molar-refractivity contribution in [2.45, 2.75) is 117 Å². The smallest absolute Gasteiger partial charge is 0.119 e. The summed E-state index contributed by atoms with van der Waals surface area (Å²) in [5, 5.41) is 0. The Morgan fingerprint density at radius 2 is 0.889 bits per heavy atom. The van der Waals surface area contributed by atoms with Gasteiger partial charge < -0.3 is 4.74 Å². The van der Waals surface area contributed by atoms with E-state index in [-0.39, 0.29) is 0 Å². The number of hydrogen-bond donors (Lipinski definition) is 0. The quantitative estimate of drug-likeness (QED) is 0.117. The molecule has 0 N–H and O–H groups in total. The van der Waals surface area contributed by atoms with Crippen LogP contribution in [0.4, 0.5) is 0 Å². The first-order valence-corrected chi connectivity index (χ1v) is 11.6. The predicted molar refractivity (Wildman–Crippen MR) is 123 cm³/mol. The van der Waals surface area contributed by atoms with Crippen molar-refractivity contribution < 1.29 is 4.74 Å². The molecule has 0 unspecified atom stereocenters. The van der Waals surface area contributed by atoms with E-state index in [1.165, 1.54) is 89.9 Å². The third kappa shape index (κ3) is 20.9. The average molecular weight is 375 g/mol. The normalized spacial score (nSPS) is 11.5. The maximum absolute atomic E-state index is 5.63. The lowest BCUT2D eigenvalue weighted by atomic mass is 10.1. The summed E-state index contributed by atoms with van der Waals surface area (Å²) < 4.78 is 5.63. The van der Waals surface area contributed by atoms with Crippen molar-refractivity contribution in [2.24, 2.45) is 0 Å². The lowest BCUT2D eigenvalue weighted by Crippen LogP contribution is -1.85. The number of rotatable bonds is 20. The highest BCUT2D eigenvalue weighted by molar-refractivity contribution is 5.15. The van der Waals surface area contributed by atoms with Gasteiger partial charge in [-0.05, 0) is 37.8 Å². The molecular weight excluding hydrogens is 328 g/mol. The zero-order valence-corrected chi connectivity index (χ0v) is 18.4. The Balaban J connectivity index is 3.55. The molecule has 27 heavy (non-hydrogen) atoms. The highest BCUT2D eigenvalue weighted by Gasteiger charge is 1.94. The summed E-state index contributed by atoms with van der Waals surface area (Å²) in [6.45, 7) is 12.4. The molecular formula is C26H46O. The molecule has 1 heteroatoms. The van der Waals surface area contributed by atoms with Crippen molar-refractivity contribution in [2.75, 3.05) is 0 Å². The number of unbranched alkanes of at least 4 members (excludes halogenated alkanes) is 14. The fourth-order valence-corrected chi connectivity index (χ4v) is 3.10. The largest absolute Gasteiger partial charge is 0.459 e. The molecule has 0 radical (unpaired) electrons. The number of ether oxygens (including phenoxy) is 1. The van der Waals surface area contributed by atoms with E-state index < -0.39 is 0 Å². The Morgan fingerprint density at radius 3 is 1.26 bits per heavy atom. The SMILES string of the molecule is C=C(C=CCCCCCCCCC)OC(=C)C=CCCCCCCCCC. The van der Waals surface area contributed by atoms with Gasteiger partial charge in [-0.25, -0.2) is 0 Å². The first kappa shape index (κ1) is 25.8. The summed E-state index contributed by atoms with van der Waals surface area (Å²) in [5.74, 6) is 1.37. The predicted octanol–water partition coefficient (Wildman–Crippen LogP) is 9.42. The first-order chi connectivity index (χ1) is 13.2. The number of hydrogen-bond acceptors (Lipinski definition) is 1. The van der Waals surface area contributed by atoms with E-state index in [1.54, 1.807) is 0 Å². The van der Waals surface area contributed by atoms with Crippen molar-refractivity contribution in [3.8, 4) is 0 Å². The van der Waals surface area contributed by atoms with Gasteiger partial charge in [0, 0.05) is 0 Å². The molecule has 0 bridgehead atoms. The molecule has 0 aromatic heterocycles. The van der Waals surface area contributed by atoms with Gasteiger partial charge in [-0.1, -0.05) is 116 Å². The third-order valence-electron chi connectivity index (χ3n) is 4.82. The van der Waals surface area contributed by atoms with E-state index in [1.807, 2.05) is 12.2 Å². The Hall–Kier alpha value is -1.24. The van der Waals surface area contributed by atoms with E-state index in [9.17, 15) is 0 Å². The van der Waals surface area contributed by atoms with Crippen molar-refractivity contribution in [3.05, 3.63) is 49.0 Å². The molecule has 0 amide bonds. The van der Waals surface area contributed by atoms with Crippen LogP contribution < -0.4 is 0 Å². The van der Waals surface area contributed by atoms with Crippen LogP contribution in [0.1, 0.15) is 117 Å². The van der Waals surface area contributed by atoms with Gasteiger partial charge in [0.1, 0.15) is 11.5 Å². The van der Waals surface area contributed by atoms with Crippen LogP contribution >= 0.6 is 0 Å². The van der Waals surface area contributed by atoms with Gasteiger partial charge in [0.15, 0.2) is 0 Å². The minimum absolute atomic E-state index is 0.684. The maximum atomic E-state index is 5.63. The molecule has 0 aliphatic heterocycles. The van der Waals surface area contributed by atoms with Crippen LogP contribution in [0.25, 0.3) is 0 Å². The highest BCUT2D eigenvalue weighted by Crippen LogP contribution is 2.12. The van der Waals surface area contributed by atoms with Crippen molar-refractivity contribution in [3.63, 3.8) is 0 Å². The second-order valence-electron chi connectivity index (χ2n) is 7.66. The standard InChI is InChI=1S/C26H46O/c1-5-7-9-11-13-15-17-19-21-23-25(3)27-26(4)24-22-20-18-16-14-12-10-8-6-2/h21-24H,3-20H2,1-2H3. The topological polar surface area (TPSA) is 9.23 Å². The Kier molecular flexibility index (Phi) is 20.1. The molecule has 0 saturated carbocycles. The zero-order valence-electron chi connectivity index (χ0n) is 18.4. The molecule has 0 aromatic carbocycles. The lowest BCUT2D eigenvalue weighted by Gasteiger charge is -2.04. The van der Waals surface area contributed by atoms with Gasteiger partial charge in [0.25, 0.3) is 0 Å². The van der Waals surface area contributed by atoms with E-state index >= 15 is 0 Å². The van der Waals surface area contributed by atoms with Crippen LogP contribution in [0.5, 0.6) is 0 Å². The van der Waals surface area contributed by atoms with Crippen molar-refractivity contribution in [1.29, 1.82) is 0 Å². The monoisotopic (exact) mass is 374 g/mol. The van der Waals surface area contributed by atoms with Crippen molar-refractivity contribution in [1.82, 2.24) is 0 Å². The van der Waals surface area contributed by atoms with Crippen molar-refractivity contribution >= 4 is 0 Å². The van der Waals surface area contributed by atoms with Crippen LogP contribution in [0.3, 0.4) is 0 Å². The summed E-state index contributed by atoms with van der Waals surface area (Å²) in [7, 11) is 0. The van der Waals surface area contributed by atoms with Crippen LogP contribution in [0.2, 0.25) is 0 Å². The Labute approximate surface area is 170 Å². The van der Waals surface area contributed by atoms with Gasteiger partial charge in [0.05, 0.1) is 0 Å². The van der Waals surface area contributed by atoms with Gasteiger partial charge in [-0.15, -0.1) is 0 Å². The van der Waals surface area contributed by atoms with E-state index in [4.69, 9.17) is 4.74 Å². The Bertz CT molecular complexity index is 364. The zero-order chi connectivity index (χ0) is 20.0. The molecule has 0 rings (SSSR count). The van der Waals surface area contributed by atoms with Gasteiger partial charge >= 0.3 is 0 Å². The minimum atomic E-state index is 0.684. The van der Waals surface area contributed by atoms with E-state index in [2.05, 4.69) is 39.2 Å². The van der Waals surface area contributed by atoms with Gasteiger partial charge in [0.2, 0.25) is 0 Å². The average Bonchev–Trinajstić information content (AvgIpc) is 2.65. The van der Waals surface area contributed by atoms with Crippen LogP contribution in [0, 0.1) is 0 Å². The highest BCUT2D eigenvalue weighted by atomic mass is 16.5. The summed E-state index contributed by atoms with van der Waals surface area (Å²) in [5.41, 5.74) is 0. The van der Waals surface area contributed by atoms with E-state index in [0.717, 1.165) is 12.8 Å². The summed E-state index contributed by atoms with van der Waals surface area (Å²) in [6, 6.07) is 0. The summed E-state index contributed by atoms with van der Waals surface area (Å²) in [6.07, 6.45) is 29.4. The Morgan fingerprint density at radius 1 is 0.556 bits per heavy atom. The summed E-state index contributed by atoms with van der Waals surface area (Å²) >= 11 is 0. The first-order valence-electron chi connectivity index (χ1n) is 11.6. The second-order valence-corrected chi connectivity index (χ2v) is 7.66.